The molecule has 0 saturated carbocycles. The van der Waals surface area contributed by atoms with E-state index in [0.717, 1.165) is 19.4 Å². The number of fused-ring (bicyclic) bond motifs is 2. The maximum Gasteiger partial charge on any atom is 0.0994 e. The molecule has 0 bridgehead atoms. The van der Waals surface area contributed by atoms with Gasteiger partial charge in [0.15, 0.2) is 0 Å². The lowest BCUT2D eigenvalue weighted by molar-refractivity contribution is -0.0461. The summed E-state index contributed by atoms with van der Waals surface area (Å²) in [5.74, 6) is 0.718. The van der Waals surface area contributed by atoms with Gasteiger partial charge in [0.2, 0.25) is 0 Å². The molecule has 1 fully saturated rings. The van der Waals surface area contributed by atoms with Gasteiger partial charge in [-0.1, -0.05) is 12.1 Å². The molecule has 5 nitrogen and oxygen atoms in total. The average molecular weight is 316 g/mol. The zero-order chi connectivity index (χ0) is 15.8. The topological polar surface area (TPSA) is 68.7 Å². The van der Waals surface area contributed by atoms with E-state index in [4.69, 9.17) is 9.84 Å². The average Bonchev–Trinajstić information content (AvgIpc) is 3.00. The van der Waals surface area contributed by atoms with Gasteiger partial charge in [-0.25, -0.2) is 0 Å². The van der Waals surface area contributed by atoms with Gasteiger partial charge in [-0.15, -0.1) is 0 Å². The molecule has 2 aliphatic rings. The molecule has 23 heavy (non-hydrogen) atoms. The van der Waals surface area contributed by atoms with Gasteiger partial charge < -0.3 is 19.9 Å². The zero-order valence-corrected chi connectivity index (χ0v) is 13.2. The van der Waals surface area contributed by atoms with Gasteiger partial charge in [0.1, 0.15) is 0 Å². The Morgan fingerprint density at radius 2 is 2.22 bits per heavy atom. The number of rotatable bonds is 5. The number of piperidine rings is 1. The number of aromatic amines is 1. The minimum absolute atomic E-state index is 0.0482. The number of H-pyrrole nitrogens is 1. The van der Waals surface area contributed by atoms with Gasteiger partial charge in [-0.3, -0.25) is 4.90 Å². The van der Waals surface area contributed by atoms with Crippen molar-refractivity contribution in [3.63, 3.8) is 0 Å². The first-order valence-corrected chi connectivity index (χ1v) is 8.44. The molecular weight excluding hydrogens is 292 g/mol. The molecule has 1 aliphatic heterocycles. The van der Waals surface area contributed by atoms with E-state index in [2.05, 4.69) is 34.3 Å². The van der Waals surface area contributed by atoms with E-state index >= 15 is 0 Å². The predicted molar refractivity (Wildman–Crippen MR) is 88.3 cm³/mol. The maximum absolute atomic E-state index is 9.71. The molecule has 5 heteroatoms. The summed E-state index contributed by atoms with van der Waals surface area (Å²) in [6.07, 6.45) is 4.18. The summed E-state index contributed by atoms with van der Waals surface area (Å²) in [6.45, 7) is 2.01. The summed E-state index contributed by atoms with van der Waals surface area (Å²) in [4.78, 5) is 5.74. The molecule has 124 valence electrons. The highest BCUT2D eigenvalue weighted by molar-refractivity contribution is 5.88. The fourth-order valence-electron chi connectivity index (χ4n) is 4.43. The minimum atomic E-state index is 0.0482. The van der Waals surface area contributed by atoms with Gasteiger partial charge >= 0.3 is 0 Å². The molecule has 3 atom stereocenters. The van der Waals surface area contributed by atoms with Crippen LogP contribution in [-0.4, -0.2) is 59.2 Å². The summed E-state index contributed by atoms with van der Waals surface area (Å²) in [7, 11) is 0. The summed E-state index contributed by atoms with van der Waals surface area (Å²) < 4.78 is 5.59. The maximum atomic E-state index is 9.71. The van der Waals surface area contributed by atoms with E-state index in [9.17, 15) is 5.11 Å². The van der Waals surface area contributed by atoms with Crippen LogP contribution in [0.15, 0.2) is 24.4 Å². The van der Waals surface area contributed by atoms with Crippen molar-refractivity contribution in [3.05, 3.63) is 35.5 Å². The van der Waals surface area contributed by atoms with Crippen LogP contribution in [0.1, 0.15) is 23.5 Å². The van der Waals surface area contributed by atoms with E-state index in [1.54, 1.807) is 0 Å². The first-order chi connectivity index (χ1) is 11.3. The van der Waals surface area contributed by atoms with Crippen molar-refractivity contribution in [2.75, 3.05) is 33.1 Å². The van der Waals surface area contributed by atoms with Gasteiger partial charge in [0, 0.05) is 42.2 Å². The number of aromatic nitrogens is 1. The highest BCUT2D eigenvalue weighted by Crippen LogP contribution is 2.44. The van der Waals surface area contributed by atoms with Crippen molar-refractivity contribution < 1.29 is 14.9 Å². The number of hydrogen-bond donors (Lipinski definition) is 3. The SMILES string of the molecule is OCCOCN1C[C@H](CO)CC2c3cccc4[nH]cc(c34)C[C@H]21. The van der Waals surface area contributed by atoms with Crippen LogP contribution in [0.2, 0.25) is 0 Å². The monoisotopic (exact) mass is 316 g/mol. The molecule has 1 aromatic heterocycles. The lowest BCUT2D eigenvalue weighted by atomic mass is 9.72. The Balaban J connectivity index is 1.67. The minimum Gasteiger partial charge on any atom is -0.396 e. The van der Waals surface area contributed by atoms with E-state index < -0.39 is 0 Å². The number of ether oxygens (including phenoxy) is 1. The first-order valence-electron chi connectivity index (χ1n) is 8.44. The standard InChI is InChI=1S/C18H24N2O3/c21-4-5-23-11-20-9-12(10-22)6-15-14-2-1-3-16-18(14)13(8-19-16)7-17(15)20/h1-3,8,12,15,17,19,21-22H,4-7,9-11H2/t12-,15?,17-/m1/s1. The van der Waals surface area contributed by atoms with Crippen LogP contribution in [0.3, 0.4) is 0 Å². The third-order valence-corrected chi connectivity index (χ3v) is 5.41. The fraction of sp³-hybridized carbons (Fsp3) is 0.556. The van der Waals surface area contributed by atoms with Crippen molar-refractivity contribution >= 4 is 10.9 Å². The van der Waals surface area contributed by atoms with E-state index in [1.165, 1.54) is 22.0 Å². The Labute approximate surface area is 135 Å². The molecule has 1 unspecified atom stereocenters. The van der Waals surface area contributed by atoms with Crippen LogP contribution in [0, 0.1) is 5.92 Å². The summed E-state index contributed by atoms with van der Waals surface area (Å²) in [5, 5.41) is 20.0. The van der Waals surface area contributed by atoms with Crippen LogP contribution in [0.5, 0.6) is 0 Å². The van der Waals surface area contributed by atoms with Crippen molar-refractivity contribution in [3.8, 4) is 0 Å². The molecule has 1 aromatic carbocycles. The molecule has 2 aromatic rings. The third kappa shape index (κ3) is 2.58. The number of benzene rings is 1. The van der Waals surface area contributed by atoms with Crippen molar-refractivity contribution in [1.82, 2.24) is 9.88 Å². The smallest absolute Gasteiger partial charge is 0.0994 e. The highest BCUT2D eigenvalue weighted by atomic mass is 16.5. The van der Waals surface area contributed by atoms with Gasteiger partial charge in [0.25, 0.3) is 0 Å². The van der Waals surface area contributed by atoms with Crippen LogP contribution < -0.4 is 0 Å². The summed E-state index contributed by atoms with van der Waals surface area (Å²) in [5.41, 5.74) is 4.00. The lowest BCUT2D eigenvalue weighted by Gasteiger charge is -2.46. The number of aliphatic hydroxyl groups is 2. The molecule has 0 spiro atoms. The van der Waals surface area contributed by atoms with Crippen molar-refractivity contribution in [2.24, 2.45) is 5.92 Å². The molecule has 0 radical (unpaired) electrons. The van der Waals surface area contributed by atoms with Gasteiger partial charge in [0.05, 0.1) is 19.9 Å². The second kappa shape index (κ2) is 6.24. The number of nitrogens with one attached hydrogen (secondary N) is 1. The normalized spacial score (nSPS) is 27.3. The molecule has 1 saturated heterocycles. The van der Waals surface area contributed by atoms with Crippen molar-refractivity contribution in [2.45, 2.75) is 24.8 Å². The Kier molecular flexibility index (Phi) is 4.11. The lowest BCUT2D eigenvalue weighted by Crippen LogP contribution is -2.51. The fourth-order valence-corrected chi connectivity index (χ4v) is 4.43. The second-order valence-electron chi connectivity index (χ2n) is 6.78. The Morgan fingerprint density at radius 3 is 3.04 bits per heavy atom. The van der Waals surface area contributed by atoms with E-state index in [-0.39, 0.29) is 19.1 Å². The number of nitrogens with zero attached hydrogens (tertiary/aromatic N) is 1. The van der Waals surface area contributed by atoms with Crippen LogP contribution in [0.4, 0.5) is 0 Å². The number of hydrogen-bond acceptors (Lipinski definition) is 4. The van der Waals surface area contributed by atoms with Crippen LogP contribution >= 0.6 is 0 Å². The molecule has 3 N–H and O–H groups in total. The van der Waals surface area contributed by atoms with Gasteiger partial charge in [-0.05, 0) is 36.0 Å². The summed E-state index contributed by atoms with van der Waals surface area (Å²) in [6, 6.07) is 6.90. The zero-order valence-electron chi connectivity index (χ0n) is 13.2. The quantitative estimate of drug-likeness (QED) is 0.731. The van der Waals surface area contributed by atoms with Gasteiger partial charge in [-0.2, -0.15) is 0 Å². The molecule has 0 amide bonds. The van der Waals surface area contributed by atoms with E-state index in [0.29, 0.717) is 25.3 Å². The number of likely N-dealkylation sites (tertiary alicyclic amines) is 1. The van der Waals surface area contributed by atoms with Crippen LogP contribution in [-0.2, 0) is 11.2 Å². The largest absolute Gasteiger partial charge is 0.396 e. The van der Waals surface area contributed by atoms with Crippen molar-refractivity contribution in [1.29, 1.82) is 0 Å². The highest BCUT2D eigenvalue weighted by Gasteiger charge is 2.40. The molecule has 4 rings (SSSR count). The summed E-state index contributed by atoms with van der Waals surface area (Å²) >= 11 is 0. The van der Waals surface area contributed by atoms with Crippen LogP contribution in [0.25, 0.3) is 10.9 Å². The molecule has 2 heterocycles. The Morgan fingerprint density at radius 1 is 1.30 bits per heavy atom. The number of aliphatic hydroxyl groups excluding tert-OH is 2. The van der Waals surface area contributed by atoms with E-state index in [1.807, 2.05) is 0 Å². The second-order valence-corrected chi connectivity index (χ2v) is 6.78. The first kappa shape index (κ1) is 15.1. The molecular formula is C18H24N2O3. The Bertz CT molecular complexity index is 684. The third-order valence-electron chi connectivity index (χ3n) is 5.41. The Hall–Kier alpha value is -1.40. The molecule has 1 aliphatic carbocycles. The predicted octanol–water partition coefficient (Wildman–Crippen LogP) is 1.46.